The fraction of sp³-hybridized carbons (Fsp3) is 0.615. The summed E-state index contributed by atoms with van der Waals surface area (Å²) in [6.45, 7) is 1.77. The molecule has 2 heterocycles. The molecule has 0 aromatic carbocycles. The Balaban J connectivity index is 1.95. The smallest absolute Gasteiger partial charge is 0.289 e. The molecule has 1 aromatic rings. The molecule has 0 radical (unpaired) electrons. The van der Waals surface area contributed by atoms with E-state index in [-0.39, 0.29) is 12.5 Å². The van der Waals surface area contributed by atoms with Crippen molar-refractivity contribution < 1.29 is 14.3 Å². The van der Waals surface area contributed by atoms with Crippen LogP contribution in [0.3, 0.4) is 0 Å². The van der Waals surface area contributed by atoms with Gasteiger partial charge in [-0.15, -0.1) is 0 Å². The number of amides is 1. The quantitative estimate of drug-likeness (QED) is 0.933. The fourth-order valence-electron chi connectivity index (χ4n) is 2.42. The zero-order chi connectivity index (χ0) is 13.0. The third-order valence-corrected chi connectivity index (χ3v) is 3.87. The molecule has 1 aliphatic rings. The van der Waals surface area contributed by atoms with Crippen LogP contribution in [0.4, 0.5) is 0 Å². The molecule has 1 saturated heterocycles. The Morgan fingerprint density at radius 3 is 3.00 bits per heavy atom. The maximum absolute atomic E-state index is 12.2. The Labute approximate surface area is 115 Å². The summed E-state index contributed by atoms with van der Waals surface area (Å²) in [5.41, 5.74) is 0. The minimum absolute atomic E-state index is 0.0367. The Bertz CT molecular complexity index is 405. The lowest BCUT2D eigenvalue weighted by Crippen LogP contribution is -2.31. The van der Waals surface area contributed by atoms with Crippen molar-refractivity contribution in [2.45, 2.75) is 25.7 Å². The molecular weight excluding hydrogens is 298 g/mol. The van der Waals surface area contributed by atoms with Crippen molar-refractivity contribution in [2.24, 2.45) is 5.92 Å². The van der Waals surface area contributed by atoms with Gasteiger partial charge in [0.2, 0.25) is 0 Å². The first-order valence-corrected chi connectivity index (χ1v) is 7.14. The third kappa shape index (κ3) is 3.36. The lowest BCUT2D eigenvalue weighted by molar-refractivity contribution is 0.0727. The van der Waals surface area contributed by atoms with Crippen LogP contribution in [0.25, 0.3) is 0 Å². The van der Waals surface area contributed by atoms with Crippen LogP contribution in [0, 0.1) is 5.92 Å². The SMILES string of the molecule is O=C(c1cc(Br)co1)N1CCC[C@H](CCO)CC1. The van der Waals surface area contributed by atoms with E-state index < -0.39 is 0 Å². The third-order valence-electron chi connectivity index (χ3n) is 3.45. The number of halogens is 1. The molecule has 1 atom stereocenters. The van der Waals surface area contributed by atoms with Gasteiger partial charge in [0.05, 0.1) is 4.47 Å². The topological polar surface area (TPSA) is 53.7 Å². The minimum Gasteiger partial charge on any atom is -0.458 e. The number of rotatable bonds is 3. The van der Waals surface area contributed by atoms with Crippen LogP contribution in [0.2, 0.25) is 0 Å². The van der Waals surface area contributed by atoms with Gasteiger partial charge >= 0.3 is 0 Å². The van der Waals surface area contributed by atoms with Crippen LogP contribution in [0.15, 0.2) is 21.2 Å². The molecule has 1 N–H and O–H groups in total. The van der Waals surface area contributed by atoms with E-state index >= 15 is 0 Å². The average molecular weight is 316 g/mol. The van der Waals surface area contributed by atoms with Crippen LogP contribution >= 0.6 is 15.9 Å². The first-order chi connectivity index (χ1) is 8.70. The molecule has 0 bridgehead atoms. The van der Waals surface area contributed by atoms with E-state index in [0.29, 0.717) is 11.7 Å². The molecule has 4 nitrogen and oxygen atoms in total. The monoisotopic (exact) mass is 315 g/mol. The molecule has 100 valence electrons. The summed E-state index contributed by atoms with van der Waals surface area (Å²) >= 11 is 3.28. The molecule has 18 heavy (non-hydrogen) atoms. The molecule has 0 saturated carbocycles. The lowest BCUT2D eigenvalue weighted by atomic mass is 9.98. The lowest BCUT2D eigenvalue weighted by Gasteiger charge is -2.19. The largest absolute Gasteiger partial charge is 0.458 e. The summed E-state index contributed by atoms with van der Waals surface area (Å²) in [6.07, 6.45) is 5.42. The number of furan rings is 1. The Kier molecular flexibility index (Phi) is 4.83. The Morgan fingerprint density at radius 1 is 1.50 bits per heavy atom. The van der Waals surface area contributed by atoms with Crippen molar-refractivity contribution in [3.8, 4) is 0 Å². The Morgan fingerprint density at radius 2 is 2.33 bits per heavy atom. The maximum Gasteiger partial charge on any atom is 0.289 e. The highest BCUT2D eigenvalue weighted by atomic mass is 79.9. The van der Waals surface area contributed by atoms with Gasteiger partial charge in [-0.3, -0.25) is 4.79 Å². The number of aliphatic hydroxyl groups excluding tert-OH is 1. The summed E-state index contributed by atoms with van der Waals surface area (Å²) in [4.78, 5) is 14.0. The van der Waals surface area contributed by atoms with Gasteiger partial charge in [0.15, 0.2) is 5.76 Å². The highest BCUT2D eigenvalue weighted by Crippen LogP contribution is 2.22. The zero-order valence-electron chi connectivity index (χ0n) is 10.3. The molecule has 1 amide bonds. The van der Waals surface area contributed by atoms with Gasteiger partial charge in [-0.1, -0.05) is 0 Å². The predicted octanol–water partition coefficient (Wildman–Crippen LogP) is 2.67. The van der Waals surface area contributed by atoms with Gasteiger partial charge in [-0.25, -0.2) is 0 Å². The normalized spacial score (nSPS) is 20.8. The van der Waals surface area contributed by atoms with E-state index in [1.54, 1.807) is 6.07 Å². The molecule has 5 heteroatoms. The highest BCUT2D eigenvalue weighted by molar-refractivity contribution is 9.10. The van der Waals surface area contributed by atoms with Crippen molar-refractivity contribution >= 4 is 21.8 Å². The van der Waals surface area contributed by atoms with Crippen LogP contribution in [-0.4, -0.2) is 35.6 Å². The first kappa shape index (κ1) is 13.6. The van der Waals surface area contributed by atoms with E-state index in [4.69, 9.17) is 9.52 Å². The second-order valence-electron chi connectivity index (χ2n) is 4.73. The molecule has 0 unspecified atom stereocenters. The second-order valence-corrected chi connectivity index (χ2v) is 5.65. The number of likely N-dealkylation sites (tertiary alicyclic amines) is 1. The molecular formula is C13H18BrNO3. The number of carbonyl (C=O) groups is 1. The molecule has 1 aromatic heterocycles. The van der Waals surface area contributed by atoms with E-state index in [1.165, 1.54) is 6.26 Å². The molecule has 0 aliphatic carbocycles. The van der Waals surface area contributed by atoms with Crippen LogP contribution in [0.1, 0.15) is 36.2 Å². The van der Waals surface area contributed by atoms with Gasteiger partial charge in [0, 0.05) is 25.8 Å². The molecule has 0 spiro atoms. The number of hydrogen-bond acceptors (Lipinski definition) is 3. The summed E-state index contributed by atoms with van der Waals surface area (Å²) in [5, 5.41) is 8.97. The van der Waals surface area contributed by atoms with E-state index in [2.05, 4.69) is 15.9 Å². The predicted molar refractivity (Wildman–Crippen MR) is 71.4 cm³/mol. The van der Waals surface area contributed by atoms with Crippen LogP contribution < -0.4 is 0 Å². The maximum atomic E-state index is 12.2. The van der Waals surface area contributed by atoms with Crippen molar-refractivity contribution in [2.75, 3.05) is 19.7 Å². The van der Waals surface area contributed by atoms with Gasteiger partial charge in [0.1, 0.15) is 6.26 Å². The highest BCUT2D eigenvalue weighted by Gasteiger charge is 2.23. The van der Waals surface area contributed by atoms with Gasteiger partial charge in [-0.05, 0) is 47.5 Å². The summed E-state index contributed by atoms with van der Waals surface area (Å²) < 4.78 is 6.01. The standard InChI is InChI=1S/C13H18BrNO3/c14-11-8-12(18-9-11)13(17)15-5-1-2-10(3-6-15)4-7-16/h8-10,16H,1-7H2/t10-/m0/s1. The number of hydrogen-bond donors (Lipinski definition) is 1. The van der Waals surface area contributed by atoms with Crippen molar-refractivity contribution in [1.29, 1.82) is 0 Å². The summed E-state index contributed by atoms with van der Waals surface area (Å²) in [7, 11) is 0. The van der Waals surface area contributed by atoms with Gasteiger partial charge in [-0.2, -0.15) is 0 Å². The molecule has 1 fully saturated rings. The fourth-order valence-corrected chi connectivity index (χ4v) is 2.72. The zero-order valence-corrected chi connectivity index (χ0v) is 11.9. The Hall–Kier alpha value is -0.810. The van der Waals surface area contributed by atoms with Gasteiger partial charge in [0.25, 0.3) is 5.91 Å². The molecule has 1 aliphatic heterocycles. The minimum atomic E-state index is -0.0367. The van der Waals surface area contributed by atoms with Crippen molar-refractivity contribution in [3.05, 3.63) is 22.6 Å². The number of nitrogens with zero attached hydrogens (tertiary/aromatic N) is 1. The average Bonchev–Trinajstić information content (AvgIpc) is 2.65. The second kappa shape index (κ2) is 6.38. The van der Waals surface area contributed by atoms with Crippen molar-refractivity contribution in [1.82, 2.24) is 4.90 Å². The van der Waals surface area contributed by atoms with Crippen molar-refractivity contribution in [3.63, 3.8) is 0 Å². The van der Waals surface area contributed by atoms with Crippen LogP contribution in [-0.2, 0) is 0 Å². The summed E-state index contributed by atoms with van der Waals surface area (Å²) in [5.74, 6) is 0.893. The summed E-state index contributed by atoms with van der Waals surface area (Å²) in [6, 6.07) is 1.71. The number of aliphatic hydroxyl groups is 1. The molecule has 2 rings (SSSR count). The van der Waals surface area contributed by atoms with E-state index in [0.717, 1.165) is 43.2 Å². The van der Waals surface area contributed by atoms with Crippen LogP contribution in [0.5, 0.6) is 0 Å². The van der Waals surface area contributed by atoms with E-state index in [9.17, 15) is 4.79 Å². The van der Waals surface area contributed by atoms with Gasteiger partial charge < -0.3 is 14.4 Å². The van der Waals surface area contributed by atoms with E-state index in [1.807, 2.05) is 4.90 Å². The number of carbonyl (C=O) groups excluding carboxylic acids is 1. The first-order valence-electron chi connectivity index (χ1n) is 6.35.